The lowest BCUT2D eigenvalue weighted by molar-refractivity contribution is 0.455. The minimum atomic E-state index is 0.286. The van der Waals surface area contributed by atoms with E-state index in [4.69, 9.17) is 0 Å². The summed E-state index contributed by atoms with van der Waals surface area (Å²) in [5.74, 6) is 0. The molecule has 0 aliphatic heterocycles. The highest BCUT2D eigenvalue weighted by atomic mass is 79.9. The molecule has 1 aromatic carbocycles. The normalized spacial score (nSPS) is 14.4. The second-order valence-corrected chi connectivity index (χ2v) is 6.12. The van der Waals surface area contributed by atoms with Crippen LogP contribution < -0.4 is 5.32 Å². The van der Waals surface area contributed by atoms with E-state index in [1.165, 1.54) is 5.56 Å². The number of halogens is 1. The highest BCUT2D eigenvalue weighted by molar-refractivity contribution is 9.10. The summed E-state index contributed by atoms with van der Waals surface area (Å²) in [6.45, 7) is 4.37. The van der Waals surface area contributed by atoms with Crippen molar-refractivity contribution in [3.05, 3.63) is 50.9 Å². The third-order valence-corrected chi connectivity index (χ3v) is 4.38. The Hall–Kier alpha value is -0.710. The molecule has 0 saturated carbocycles. The molecule has 1 heterocycles. The molecule has 2 nitrogen and oxygen atoms in total. The van der Waals surface area contributed by atoms with E-state index in [2.05, 4.69) is 64.3 Å². The van der Waals surface area contributed by atoms with Crippen molar-refractivity contribution in [2.45, 2.75) is 32.4 Å². The molecule has 2 atom stereocenters. The maximum Gasteiger partial charge on any atom is 0.109 e. The van der Waals surface area contributed by atoms with Crippen LogP contribution in [-0.4, -0.2) is 4.98 Å². The lowest BCUT2D eigenvalue weighted by atomic mass is 10.0. The SMILES string of the molecule is CCC(NC(C)c1nccs1)c1cccc(Br)c1. The zero-order chi connectivity index (χ0) is 13.0. The molecule has 0 aliphatic carbocycles. The second kappa shape index (κ2) is 6.45. The Kier molecular flexibility index (Phi) is 4.92. The van der Waals surface area contributed by atoms with Gasteiger partial charge in [-0.15, -0.1) is 11.3 Å². The first kappa shape index (κ1) is 13.7. The summed E-state index contributed by atoms with van der Waals surface area (Å²) in [5, 5.41) is 6.80. The molecule has 1 aromatic heterocycles. The number of hydrogen-bond donors (Lipinski definition) is 1. The van der Waals surface area contributed by atoms with Crippen LogP contribution in [0.3, 0.4) is 0 Å². The summed E-state index contributed by atoms with van der Waals surface area (Å²) in [7, 11) is 0. The Morgan fingerprint density at radius 3 is 2.89 bits per heavy atom. The van der Waals surface area contributed by atoms with Crippen LogP contribution in [0.1, 0.15) is 42.9 Å². The number of thiazole rings is 1. The summed E-state index contributed by atoms with van der Waals surface area (Å²) in [5.41, 5.74) is 1.32. The average Bonchev–Trinajstić information content (AvgIpc) is 2.89. The quantitative estimate of drug-likeness (QED) is 0.861. The van der Waals surface area contributed by atoms with Gasteiger partial charge in [0.2, 0.25) is 0 Å². The standard InChI is InChI=1S/C14H17BrN2S/c1-3-13(11-5-4-6-12(15)9-11)17-10(2)14-16-7-8-18-14/h4-10,13,17H,3H2,1-2H3. The van der Waals surface area contributed by atoms with Gasteiger partial charge in [0.05, 0.1) is 6.04 Å². The van der Waals surface area contributed by atoms with Gasteiger partial charge in [0.15, 0.2) is 0 Å². The van der Waals surface area contributed by atoms with Crippen molar-refractivity contribution in [2.24, 2.45) is 0 Å². The van der Waals surface area contributed by atoms with Gasteiger partial charge in [-0.05, 0) is 31.0 Å². The fourth-order valence-electron chi connectivity index (χ4n) is 1.99. The fourth-order valence-corrected chi connectivity index (χ4v) is 3.07. The van der Waals surface area contributed by atoms with Gasteiger partial charge >= 0.3 is 0 Å². The summed E-state index contributed by atoms with van der Waals surface area (Å²) >= 11 is 5.23. The molecule has 0 aliphatic rings. The molecular weight excluding hydrogens is 308 g/mol. The van der Waals surface area contributed by atoms with Crippen molar-refractivity contribution in [3.63, 3.8) is 0 Å². The molecule has 2 aromatic rings. The maximum absolute atomic E-state index is 4.36. The van der Waals surface area contributed by atoms with E-state index in [-0.39, 0.29) is 6.04 Å². The molecule has 0 saturated heterocycles. The average molecular weight is 325 g/mol. The number of benzene rings is 1. The topological polar surface area (TPSA) is 24.9 Å². The Bertz CT molecular complexity index is 484. The van der Waals surface area contributed by atoms with Crippen LogP contribution in [-0.2, 0) is 0 Å². The smallest absolute Gasteiger partial charge is 0.109 e. The lowest BCUT2D eigenvalue weighted by Gasteiger charge is -2.21. The van der Waals surface area contributed by atoms with Crippen molar-refractivity contribution >= 4 is 27.3 Å². The minimum Gasteiger partial charge on any atom is -0.301 e. The zero-order valence-electron chi connectivity index (χ0n) is 10.6. The summed E-state index contributed by atoms with van der Waals surface area (Å²) in [6, 6.07) is 9.13. The van der Waals surface area contributed by atoms with Crippen molar-refractivity contribution < 1.29 is 0 Å². The summed E-state index contributed by atoms with van der Waals surface area (Å²) in [6.07, 6.45) is 2.92. The number of rotatable bonds is 5. The molecular formula is C14H17BrN2S. The van der Waals surface area contributed by atoms with Crippen molar-refractivity contribution in [1.82, 2.24) is 10.3 Å². The van der Waals surface area contributed by atoms with Crippen LogP contribution >= 0.6 is 27.3 Å². The van der Waals surface area contributed by atoms with Gasteiger partial charge in [-0.3, -0.25) is 0 Å². The number of nitrogens with one attached hydrogen (secondary N) is 1. The number of nitrogens with zero attached hydrogens (tertiary/aromatic N) is 1. The van der Waals surface area contributed by atoms with Gasteiger partial charge in [-0.25, -0.2) is 4.98 Å². The Morgan fingerprint density at radius 2 is 2.28 bits per heavy atom. The first-order valence-electron chi connectivity index (χ1n) is 6.11. The van der Waals surface area contributed by atoms with E-state index < -0.39 is 0 Å². The van der Waals surface area contributed by atoms with Gasteiger partial charge in [-0.1, -0.05) is 35.0 Å². The molecule has 0 radical (unpaired) electrons. The van der Waals surface area contributed by atoms with Gasteiger partial charge in [-0.2, -0.15) is 0 Å². The Morgan fingerprint density at radius 1 is 1.44 bits per heavy atom. The molecule has 0 bridgehead atoms. The molecule has 1 N–H and O–H groups in total. The summed E-state index contributed by atoms with van der Waals surface area (Å²) in [4.78, 5) is 4.36. The van der Waals surface area contributed by atoms with E-state index >= 15 is 0 Å². The van der Waals surface area contributed by atoms with E-state index in [1.807, 2.05) is 11.6 Å². The van der Waals surface area contributed by atoms with Crippen LogP contribution in [0, 0.1) is 0 Å². The van der Waals surface area contributed by atoms with Crippen LogP contribution in [0.25, 0.3) is 0 Å². The van der Waals surface area contributed by atoms with Gasteiger partial charge < -0.3 is 5.32 Å². The minimum absolute atomic E-state index is 0.286. The predicted molar refractivity (Wildman–Crippen MR) is 80.8 cm³/mol. The first-order chi connectivity index (χ1) is 8.70. The highest BCUT2D eigenvalue weighted by Crippen LogP contribution is 2.25. The largest absolute Gasteiger partial charge is 0.301 e. The van der Waals surface area contributed by atoms with E-state index in [9.17, 15) is 0 Å². The van der Waals surface area contributed by atoms with Crippen LogP contribution in [0.2, 0.25) is 0 Å². The summed E-state index contributed by atoms with van der Waals surface area (Å²) < 4.78 is 1.13. The molecule has 18 heavy (non-hydrogen) atoms. The van der Waals surface area contributed by atoms with Crippen LogP contribution in [0.5, 0.6) is 0 Å². The second-order valence-electron chi connectivity index (χ2n) is 4.27. The Balaban J connectivity index is 2.10. The van der Waals surface area contributed by atoms with Crippen LogP contribution in [0.15, 0.2) is 40.3 Å². The number of aromatic nitrogens is 1. The van der Waals surface area contributed by atoms with E-state index in [0.29, 0.717) is 6.04 Å². The molecule has 2 unspecified atom stereocenters. The lowest BCUT2D eigenvalue weighted by Crippen LogP contribution is -2.24. The van der Waals surface area contributed by atoms with Gasteiger partial charge in [0.1, 0.15) is 5.01 Å². The zero-order valence-corrected chi connectivity index (χ0v) is 13.0. The molecule has 4 heteroatoms. The third kappa shape index (κ3) is 3.40. The van der Waals surface area contributed by atoms with Crippen molar-refractivity contribution in [3.8, 4) is 0 Å². The van der Waals surface area contributed by atoms with Crippen LogP contribution in [0.4, 0.5) is 0 Å². The monoisotopic (exact) mass is 324 g/mol. The highest BCUT2D eigenvalue weighted by Gasteiger charge is 2.15. The molecule has 0 spiro atoms. The van der Waals surface area contributed by atoms with E-state index in [0.717, 1.165) is 15.9 Å². The van der Waals surface area contributed by atoms with Gasteiger partial charge in [0, 0.05) is 22.1 Å². The molecule has 0 fully saturated rings. The molecule has 0 amide bonds. The van der Waals surface area contributed by atoms with Crippen molar-refractivity contribution in [1.29, 1.82) is 0 Å². The number of hydrogen-bond acceptors (Lipinski definition) is 3. The fraction of sp³-hybridized carbons (Fsp3) is 0.357. The molecule has 96 valence electrons. The van der Waals surface area contributed by atoms with E-state index in [1.54, 1.807) is 11.3 Å². The Labute approximate surface area is 121 Å². The molecule has 2 rings (SSSR count). The maximum atomic E-state index is 4.36. The third-order valence-electron chi connectivity index (χ3n) is 2.93. The van der Waals surface area contributed by atoms with Gasteiger partial charge in [0.25, 0.3) is 0 Å². The van der Waals surface area contributed by atoms with Crippen molar-refractivity contribution in [2.75, 3.05) is 0 Å². The first-order valence-corrected chi connectivity index (χ1v) is 7.79. The predicted octanol–water partition coefficient (Wildman–Crippen LogP) is 4.71.